The Hall–Kier alpha value is -3.49. The van der Waals surface area contributed by atoms with Crippen LogP contribution in [0.25, 0.3) is 17.2 Å². The molecule has 154 valence electrons. The molecule has 9 nitrogen and oxygen atoms in total. The number of aromatic nitrogens is 6. The highest BCUT2D eigenvalue weighted by Gasteiger charge is 2.35. The molecule has 1 aliphatic rings. The molecule has 0 spiro atoms. The first-order valence-electron chi connectivity index (χ1n) is 10.1. The fraction of sp³-hybridized carbons (Fsp3) is 0.381. The van der Waals surface area contributed by atoms with Gasteiger partial charge < -0.3 is 14.0 Å². The molecule has 9 heteroatoms. The molecule has 5 rings (SSSR count). The van der Waals surface area contributed by atoms with E-state index in [0.29, 0.717) is 35.3 Å². The van der Waals surface area contributed by atoms with Gasteiger partial charge in [0, 0.05) is 31.9 Å². The second-order valence-electron chi connectivity index (χ2n) is 7.98. The number of carbonyl (C=O) groups is 1. The minimum absolute atomic E-state index is 0.0600. The van der Waals surface area contributed by atoms with Crippen molar-refractivity contribution in [3.63, 3.8) is 0 Å². The zero-order chi connectivity index (χ0) is 20.8. The number of likely N-dealkylation sites (tertiary alicyclic amines) is 1. The molecule has 4 aromatic heterocycles. The Morgan fingerprint density at radius 1 is 1.23 bits per heavy atom. The van der Waals surface area contributed by atoms with Gasteiger partial charge >= 0.3 is 0 Å². The fourth-order valence-corrected chi connectivity index (χ4v) is 3.93. The minimum Gasteiger partial charge on any atom is -0.348 e. The second-order valence-corrected chi connectivity index (χ2v) is 7.98. The van der Waals surface area contributed by atoms with Crippen LogP contribution < -0.4 is 0 Å². The van der Waals surface area contributed by atoms with Crippen LogP contribution in [-0.2, 0) is 7.05 Å². The normalized spacial score (nSPS) is 16.8. The standard InChI is InChI=1S/C21H23N7O2/c1-13(2)18-22-20(30-25-18)16-7-5-11-27(16)21(29)14-8-9-17-23-24-19(28(17)12-14)15-6-4-10-26(15)3/h4,6,8-10,12-13,16H,5,7,11H2,1-3H3/t16-/m0/s1. The van der Waals surface area contributed by atoms with Crippen molar-refractivity contribution in [3.05, 3.63) is 53.9 Å². The van der Waals surface area contributed by atoms with E-state index in [-0.39, 0.29) is 17.9 Å². The van der Waals surface area contributed by atoms with E-state index in [0.717, 1.165) is 18.5 Å². The quantitative estimate of drug-likeness (QED) is 0.517. The SMILES string of the molecule is CC(C)c1noc([C@@H]2CCCN2C(=O)c2ccc3nnc(-c4cccn4C)n3c2)n1. The molecule has 0 radical (unpaired) electrons. The van der Waals surface area contributed by atoms with Gasteiger partial charge in [-0.2, -0.15) is 4.98 Å². The lowest BCUT2D eigenvalue weighted by atomic mass is 10.2. The summed E-state index contributed by atoms with van der Waals surface area (Å²) in [6.45, 7) is 4.70. The number of aryl methyl sites for hydroxylation is 1. The van der Waals surface area contributed by atoms with Crippen molar-refractivity contribution < 1.29 is 9.32 Å². The van der Waals surface area contributed by atoms with Crippen LogP contribution in [-0.4, -0.2) is 46.7 Å². The van der Waals surface area contributed by atoms with Crippen LogP contribution in [0.2, 0.25) is 0 Å². The number of hydrogen-bond donors (Lipinski definition) is 0. The zero-order valence-electron chi connectivity index (χ0n) is 17.2. The van der Waals surface area contributed by atoms with E-state index in [1.54, 1.807) is 6.07 Å². The van der Waals surface area contributed by atoms with Gasteiger partial charge in [-0.15, -0.1) is 10.2 Å². The predicted molar refractivity (Wildman–Crippen MR) is 109 cm³/mol. The van der Waals surface area contributed by atoms with Gasteiger partial charge in [-0.3, -0.25) is 9.20 Å². The summed E-state index contributed by atoms with van der Waals surface area (Å²) in [6.07, 6.45) is 5.48. The maximum atomic E-state index is 13.4. The highest BCUT2D eigenvalue weighted by atomic mass is 16.5. The lowest BCUT2D eigenvalue weighted by molar-refractivity contribution is 0.0709. The molecule has 0 N–H and O–H groups in total. The number of amides is 1. The van der Waals surface area contributed by atoms with Gasteiger partial charge in [-0.05, 0) is 37.1 Å². The highest BCUT2D eigenvalue weighted by molar-refractivity contribution is 5.94. The zero-order valence-corrected chi connectivity index (χ0v) is 17.2. The number of pyridine rings is 1. The Labute approximate surface area is 173 Å². The van der Waals surface area contributed by atoms with Crippen molar-refractivity contribution >= 4 is 11.6 Å². The van der Waals surface area contributed by atoms with Crippen molar-refractivity contribution in [3.8, 4) is 11.5 Å². The first kappa shape index (κ1) is 18.5. The summed E-state index contributed by atoms with van der Waals surface area (Å²) in [7, 11) is 1.95. The monoisotopic (exact) mass is 405 g/mol. The van der Waals surface area contributed by atoms with Gasteiger partial charge in [0.05, 0.1) is 11.3 Å². The summed E-state index contributed by atoms with van der Waals surface area (Å²) in [5, 5.41) is 12.6. The van der Waals surface area contributed by atoms with Crippen LogP contribution >= 0.6 is 0 Å². The number of carbonyl (C=O) groups excluding carboxylic acids is 1. The average Bonchev–Trinajstić information content (AvgIpc) is 3.51. The van der Waals surface area contributed by atoms with Crippen LogP contribution in [0.5, 0.6) is 0 Å². The molecule has 1 atom stereocenters. The third-order valence-corrected chi connectivity index (χ3v) is 5.59. The molecule has 0 aromatic carbocycles. The Balaban J connectivity index is 1.48. The van der Waals surface area contributed by atoms with Gasteiger partial charge in [0.15, 0.2) is 17.3 Å². The van der Waals surface area contributed by atoms with E-state index < -0.39 is 0 Å². The summed E-state index contributed by atoms with van der Waals surface area (Å²) in [5.41, 5.74) is 2.20. The van der Waals surface area contributed by atoms with Gasteiger partial charge in [-0.25, -0.2) is 0 Å². The topological polar surface area (TPSA) is 94.4 Å². The van der Waals surface area contributed by atoms with Gasteiger partial charge in [0.2, 0.25) is 5.89 Å². The molecule has 5 heterocycles. The Morgan fingerprint density at radius 2 is 2.10 bits per heavy atom. The van der Waals surface area contributed by atoms with Crippen molar-refractivity contribution in [2.24, 2.45) is 7.05 Å². The van der Waals surface area contributed by atoms with Crippen LogP contribution in [0.3, 0.4) is 0 Å². The highest BCUT2D eigenvalue weighted by Crippen LogP contribution is 2.33. The lowest BCUT2D eigenvalue weighted by Gasteiger charge is -2.22. The van der Waals surface area contributed by atoms with E-state index in [2.05, 4.69) is 20.3 Å². The fourth-order valence-electron chi connectivity index (χ4n) is 3.93. The van der Waals surface area contributed by atoms with Crippen LogP contribution in [0.15, 0.2) is 41.2 Å². The van der Waals surface area contributed by atoms with E-state index in [9.17, 15) is 4.79 Å². The Morgan fingerprint density at radius 3 is 2.83 bits per heavy atom. The van der Waals surface area contributed by atoms with Crippen molar-refractivity contribution in [2.75, 3.05) is 6.54 Å². The average molecular weight is 405 g/mol. The Bertz CT molecular complexity index is 1220. The van der Waals surface area contributed by atoms with Crippen molar-refractivity contribution in [2.45, 2.75) is 38.6 Å². The first-order valence-corrected chi connectivity index (χ1v) is 10.1. The summed E-state index contributed by atoms with van der Waals surface area (Å²) in [4.78, 5) is 19.7. The van der Waals surface area contributed by atoms with E-state index in [4.69, 9.17) is 4.52 Å². The largest absolute Gasteiger partial charge is 0.348 e. The van der Waals surface area contributed by atoms with E-state index in [1.165, 1.54) is 0 Å². The number of nitrogens with zero attached hydrogens (tertiary/aromatic N) is 7. The van der Waals surface area contributed by atoms with Crippen LogP contribution in [0.1, 0.15) is 60.7 Å². The van der Waals surface area contributed by atoms with E-state index >= 15 is 0 Å². The minimum atomic E-state index is -0.193. The van der Waals surface area contributed by atoms with Crippen molar-refractivity contribution in [1.82, 2.24) is 34.2 Å². The lowest BCUT2D eigenvalue weighted by Crippen LogP contribution is -2.31. The molecule has 1 amide bonds. The van der Waals surface area contributed by atoms with Crippen LogP contribution in [0, 0.1) is 0 Å². The Kier molecular flexibility index (Phi) is 4.38. The molecule has 0 bridgehead atoms. The van der Waals surface area contributed by atoms with Crippen molar-refractivity contribution in [1.29, 1.82) is 0 Å². The summed E-state index contributed by atoms with van der Waals surface area (Å²) < 4.78 is 9.32. The molecule has 0 aliphatic carbocycles. The predicted octanol–water partition coefficient (Wildman–Crippen LogP) is 3.22. The van der Waals surface area contributed by atoms with Gasteiger partial charge in [0.1, 0.15) is 6.04 Å². The molecule has 1 aliphatic heterocycles. The molecular weight excluding hydrogens is 382 g/mol. The smallest absolute Gasteiger partial charge is 0.256 e. The van der Waals surface area contributed by atoms with E-state index in [1.807, 2.05) is 65.4 Å². The molecule has 1 fully saturated rings. The van der Waals surface area contributed by atoms with Gasteiger partial charge in [0.25, 0.3) is 5.91 Å². The number of hydrogen-bond acceptors (Lipinski definition) is 6. The second kappa shape index (κ2) is 7.08. The van der Waals surface area contributed by atoms with Gasteiger partial charge in [-0.1, -0.05) is 19.0 Å². The molecule has 4 aromatic rings. The van der Waals surface area contributed by atoms with Crippen LogP contribution in [0.4, 0.5) is 0 Å². The number of fused-ring (bicyclic) bond motifs is 1. The third-order valence-electron chi connectivity index (χ3n) is 5.59. The molecule has 1 saturated heterocycles. The first-order chi connectivity index (χ1) is 14.5. The molecule has 0 saturated carbocycles. The third kappa shape index (κ3) is 2.97. The molecular formula is C21H23N7O2. The summed E-state index contributed by atoms with van der Waals surface area (Å²) >= 11 is 0. The summed E-state index contributed by atoms with van der Waals surface area (Å²) in [6, 6.07) is 7.35. The molecule has 0 unspecified atom stereocenters. The maximum absolute atomic E-state index is 13.4. The molecule has 30 heavy (non-hydrogen) atoms. The number of rotatable bonds is 4. The maximum Gasteiger partial charge on any atom is 0.256 e. The summed E-state index contributed by atoms with van der Waals surface area (Å²) in [5.74, 6) is 2.00.